The number of aromatic nitrogens is 2. The molecule has 0 radical (unpaired) electrons. The Morgan fingerprint density at radius 3 is 1.22 bits per heavy atom. The van der Waals surface area contributed by atoms with Gasteiger partial charge in [-0.1, -0.05) is 152 Å². The fraction of sp³-hybridized carbons (Fsp3) is 0. The lowest BCUT2D eigenvalue weighted by molar-refractivity contribution is 1.18. The van der Waals surface area contributed by atoms with Gasteiger partial charge < -0.3 is 9.13 Å². The van der Waals surface area contributed by atoms with Gasteiger partial charge in [0.15, 0.2) is 0 Å². The highest BCUT2D eigenvalue weighted by molar-refractivity contribution is 6.10. The molecule has 0 saturated heterocycles. The monoisotopic (exact) mass is 638 g/mol. The summed E-state index contributed by atoms with van der Waals surface area (Å²) in [6, 6.07) is 61.0. The van der Waals surface area contributed by atoms with E-state index in [-0.39, 0.29) is 0 Å². The molecule has 2 aromatic heterocycles. The lowest BCUT2D eigenvalue weighted by Gasteiger charge is -2.10. The normalized spacial score (nSPS) is 12.1. The van der Waals surface area contributed by atoms with Crippen molar-refractivity contribution in [2.24, 2.45) is 0 Å². The minimum absolute atomic E-state index is 1.11. The lowest BCUT2D eigenvalue weighted by atomic mass is 10.0. The van der Waals surface area contributed by atoms with Crippen LogP contribution < -0.4 is 0 Å². The smallest absolute Gasteiger partial charge is 0.0541 e. The predicted molar refractivity (Wildman–Crippen MR) is 214 cm³/mol. The molecule has 7 aromatic carbocycles. The van der Waals surface area contributed by atoms with Crippen molar-refractivity contribution in [2.75, 3.05) is 0 Å². The third kappa shape index (κ3) is 5.06. The first-order chi connectivity index (χ1) is 24.8. The van der Waals surface area contributed by atoms with Crippen LogP contribution in [0, 0.1) is 0 Å². The third-order valence-electron chi connectivity index (χ3n) is 9.74. The van der Waals surface area contributed by atoms with Gasteiger partial charge in [-0.25, -0.2) is 0 Å². The number of para-hydroxylation sites is 4. The molecule has 0 fully saturated rings. The van der Waals surface area contributed by atoms with Crippen LogP contribution >= 0.6 is 0 Å². The van der Waals surface area contributed by atoms with Crippen molar-refractivity contribution in [1.82, 2.24) is 9.13 Å². The van der Waals surface area contributed by atoms with Gasteiger partial charge >= 0.3 is 0 Å². The molecule has 2 nitrogen and oxygen atoms in total. The number of hydrogen-bond acceptors (Lipinski definition) is 0. The van der Waals surface area contributed by atoms with Gasteiger partial charge in [0, 0.05) is 32.9 Å². The van der Waals surface area contributed by atoms with Crippen LogP contribution in [0.5, 0.6) is 0 Å². The summed E-state index contributed by atoms with van der Waals surface area (Å²) in [6.45, 7) is 3.99. The fourth-order valence-electron chi connectivity index (χ4n) is 7.35. The van der Waals surface area contributed by atoms with Gasteiger partial charge in [-0.15, -0.1) is 0 Å². The fourth-order valence-corrected chi connectivity index (χ4v) is 7.35. The quantitative estimate of drug-likeness (QED) is 0.154. The van der Waals surface area contributed by atoms with Crippen LogP contribution in [0.4, 0.5) is 0 Å². The van der Waals surface area contributed by atoms with E-state index in [1.165, 1.54) is 54.7 Å². The van der Waals surface area contributed by atoms with E-state index < -0.39 is 0 Å². The van der Waals surface area contributed by atoms with E-state index in [4.69, 9.17) is 0 Å². The molecule has 2 heterocycles. The van der Waals surface area contributed by atoms with Crippen LogP contribution in [-0.4, -0.2) is 9.13 Å². The van der Waals surface area contributed by atoms with E-state index >= 15 is 0 Å². The maximum Gasteiger partial charge on any atom is 0.0541 e. The highest BCUT2D eigenvalue weighted by Crippen LogP contribution is 2.34. The largest absolute Gasteiger partial charge is 0.309 e. The van der Waals surface area contributed by atoms with E-state index in [9.17, 15) is 0 Å². The summed E-state index contributed by atoms with van der Waals surface area (Å²) >= 11 is 0. The molecular formula is C48H34N2. The van der Waals surface area contributed by atoms with Crippen LogP contribution in [-0.2, 0) is 0 Å². The summed E-state index contributed by atoms with van der Waals surface area (Å²) in [6.07, 6.45) is 8.27. The molecule has 2 heteroatoms. The minimum atomic E-state index is 1.11. The van der Waals surface area contributed by atoms with Gasteiger partial charge in [0.05, 0.1) is 22.1 Å². The molecule has 0 bridgehead atoms. The summed E-state index contributed by atoms with van der Waals surface area (Å²) in [4.78, 5) is 0. The molecule has 0 aliphatic carbocycles. The standard InChI is InChI=1S/C48H34N2/c1-2-11-35(37-26-30-39(31-27-37)49-45-16-7-3-12-41(45)42-13-4-8-17-46(42)49)23-20-34-21-24-36(25-22-34)38-28-32-40(33-29-38)50-47-18-9-5-14-43(47)44-15-6-10-19-48(44)50/h2-33H,1H2/b23-20?,35-11+. The molecule has 0 amide bonds. The van der Waals surface area contributed by atoms with E-state index in [2.05, 4.69) is 204 Å². The Hall–Kier alpha value is -6.64. The first-order valence-corrected chi connectivity index (χ1v) is 17.1. The second kappa shape index (κ2) is 12.4. The predicted octanol–water partition coefficient (Wildman–Crippen LogP) is 12.8. The summed E-state index contributed by atoms with van der Waals surface area (Å²) in [5.41, 5.74) is 13.0. The molecule has 50 heavy (non-hydrogen) atoms. The van der Waals surface area contributed by atoms with E-state index in [1.807, 2.05) is 6.08 Å². The van der Waals surface area contributed by atoms with Crippen molar-refractivity contribution in [1.29, 1.82) is 0 Å². The van der Waals surface area contributed by atoms with E-state index in [1.54, 1.807) is 0 Å². The average Bonchev–Trinajstić information content (AvgIpc) is 3.70. The van der Waals surface area contributed by atoms with Crippen molar-refractivity contribution >= 4 is 55.3 Å². The summed E-state index contributed by atoms with van der Waals surface area (Å²) in [7, 11) is 0. The van der Waals surface area contributed by atoms with E-state index in [0.29, 0.717) is 0 Å². The van der Waals surface area contributed by atoms with Crippen molar-refractivity contribution in [3.8, 4) is 22.5 Å². The molecule has 236 valence electrons. The van der Waals surface area contributed by atoms with Crippen molar-refractivity contribution in [3.63, 3.8) is 0 Å². The number of fused-ring (bicyclic) bond motifs is 6. The zero-order valence-corrected chi connectivity index (χ0v) is 27.6. The maximum absolute atomic E-state index is 3.99. The molecule has 0 atom stereocenters. The zero-order valence-electron chi connectivity index (χ0n) is 27.6. The van der Waals surface area contributed by atoms with Gasteiger partial charge in [-0.2, -0.15) is 0 Å². The van der Waals surface area contributed by atoms with Crippen LogP contribution in [0.1, 0.15) is 11.1 Å². The number of nitrogens with zero attached hydrogens (tertiary/aromatic N) is 2. The lowest BCUT2D eigenvalue weighted by Crippen LogP contribution is -1.94. The molecule has 9 aromatic rings. The summed E-state index contributed by atoms with van der Waals surface area (Å²) in [5.74, 6) is 0. The number of allylic oxidation sites excluding steroid dienone is 4. The maximum atomic E-state index is 3.99. The van der Waals surface area contributed by atoms with Gasteiger partial charge in [-0.05, 0) is 76.4 Å². The Balaban J connectivity index is 0.959. The van der Waals surface area contributed by atoms with Crippen molar-refractivity contribution < 1.29 is 0 Å². The molecule has 9 rings (SSSR count). The third-order valence-corrected chi connectivity index (χ3v) is 9.74. The molecule has 0 spiro atoms. The SMILES string of the molecule is C=C/C=C(\C=Cc1ccc(-c2ccc(-n3c4ccccc4c4ccccc43)cc2)cc1)c1ccc(-n2c3ccccc3c3ccccc32)cc1. The van der Waals surface area contributed by atoms with Gasteiger partial charge in [0.2, 0.25) is 0 Å². The highest BCUT2D eigenvalue weighted by Gasteiger charge is 2.13. The summed E-state index contributed by atoms with van der Waals surface area (Å²) < 4.78 is 4.70. The van der Waals surface area contributed by atoms with Crippen LogP contribution in [0.3, 0.4) is 0 Å². The molecule has 0 unspecified atom stereocenters. The molecular weight excluding hydrogens is 605 g/mol. The number of rotatable bonds is 7. The summed E-state index contributed by atoms with van der Waals surface area (Å²) in [5, 5.41) is 5.09. The Morgan fingerprint density at radius 1 is 0.420 bits per heavy atom. The van der Waals surface area contributed by atoms with Gasteiger partial charge in [0.1, 0.15) is 0 Å². The topological polar surface area (TPSA) is 9.86 Å². The number of hydrogen-bond donors (Lipinski definition) is 0. The Labute approximate surface area is 291 Å². The second-order valence-corrected chi connectivity index (χ2v) is 12.6. The van der Waals surface area contributed by atoms with Crippen LogP contribution in [0.25, 0.3) is 77.8 Å². The minimum Gasteiger partial charge on any atom is -0.309 e. The average molecular weight is 639 g/mol. The molecule has 0 aliphatic heterocycles. The van der Waals surface area contributed by atoms with Gasteiger partial charge in [-0.3, -0.25) is 0 Å². The Bertz CT molecular complexity index is 2630. The Kier molecular flexibility index (Phi) is 7.33. The Morgan fingerprint density at radius 2 is 0.800 bits per heavy atom. The molecule has 0 N–H and O–H groups in total. The molecule has 0 aliphatic rings. The van der Waals surface area contributed by atoms with Crippen molar-refractivity contribution in [3.05, 3.63) is 206 Å². The first-order valence-electron chi connectivity index (χ1n) is 17.1. The number of benzene rings is 7. The first kappa shape index (κ1) is 29.5. The van der Waals surface area contributed by atoms with Gasteiger partial charge in [0.25, 0.3) is 0 Å². The zero-order chi connectivity index (χ0) is 33.4. The molecule has 0 saturated carbocycles. The highest BCUT2D eigenvalue weighted by atomic mass is 15.0. The van der Waals surface area contributed by atoms with E-state index in [0.717, 1.165) is 28.1 Å². The van der Waals surface area contributed by atoms with Crippen LogP contribution in [0.2, 0.25) is 0 Å². The van der Waals surface area contributed by atoms with Crippen molar-refractivity contribution in [2.45, 2.75) is 0 Å². The van der Waals surface area contributed by atoms with Crippen LogP contribution in [0.15, 0.2) is 195 Å². The second-order valence-electron chi connectivity index (χ2n) is 12.6.